The van der Waals surface area contributed by atoms with Gasteiger partial charge < -0.3 is 5.32 Å². The van der Waals surface area contributed by atoms with Crippen molar-refractivity contribution in [2.75, 3.05) is 13.1 Å². The van der Waals surface area contributed by atoms with Crippen molar-refractivity contribution in [1.29, 1.82) is 0 Å². The van der Waals surface area contributed by atoms with Gasteiger partial charge in [-0.05, 0) is 41.4 Å². The van der Waals surface area contributed by atoms with Crippen molar-refractivity contribution in [1.82, 2.24) is 15.2 Å². The molecule has 122 valence electrons. The number of hydrogen-bond acceptors (Lipinski definition) is 6. The Kier molecular flexibility index (Phi) is 5.07. The Labute approximate surface area is 146 Å². The van der Waals surface area contributed by atoms with E-state index in [4.69, 9.17) is 0 Å². The molecule has 0 bridgehead atoms. The highest BCUT2D eigenvalue weighted by Crippen LogP contribution is 2.32. The smallest absolute Gasteiger partial charge is 0.293 e. The number of amides is 3. The van der Waals surface area contributed by atoms with Gasteiger partial charge in [-0.1, -0.05) is 6.07 Å². The van der Waals surface area contributed by atoms with Gasteiger partial charge in [0, 0.05) is 35.9 Å². The zero-order valence-electron chi connectivity index (χ0n) is 12.5. The van der Waals surface area contributed by atoms with E-state index >= 15 is 0 Å². The molecule has 3 heterocycles. The quantitative estimate of drug-likeness (QED) is 0.830. The molecule has 24 heavy (non-hydrogen) atoms. The molecule has 6 nitrogen and oxygen atoms in total. The van der Waals surface area contributed by atoms with E-state index in [-0.39, 0.29) is 30.1 Å². The van der Waals surface area contributed by atoms with E-state index in [9.17, 15) is 14.4 Å². The first-order chi connectivity index (χ1) is 11.6. The van der Waals surface area contributed by atoms with E-state index in [1.807, 2.05) is 17.5 Å². The van der Waals surface area contributed by atoms with Crippen LogP contribution in [0.4, 0.5) is 4.79 Å². The van der Waals surface area contributed by atoms with Gasteiger partial charge in [0.15, 0.2) is 0 Å². The molecule has 0 unspecified atom stereocenters. The zero-order chi connectivity index (χ0) is 16.9. The molecule has 1 aliphatic heterocycles. The second kappa shape index (κ2) is 7.41. The van der Waals surface area contributed by atoms with Crippen LogP contribution in [0.5, 0.6) is 0 Å². The van der Waals surface area contributed by atoms with Crippen molar-refractivity contribution < 1.29 is 14.4 Å². The summed E-state index contributed by atoms with van der Waals surface area (Å²) in [4.78, 5) is 42.5. The number of nitrogens with one attached hydrogen (secondary N) is 1. The molecule has 1 saturated heterocycles. The summed E-state index contributed by atoms with van der Waals surface area (Å²) in [6.07, 6.45) is 4.77. The maximum atomic E-state index is 12.3. The van der Waals surface area contributed by atoms with Crippen molar-refractivity contribution >= 4 is 46.2 Å². The largest absolute Gasteiger partial charge is 0.350 e. The van der Waals surface area contributed by atoms with Crippen LogP contribution >= 0.6 is 23.1 Å². The Hall–Kier alpha value is -2.45. The Morgan fingerprint density at radius 3 is 2.75 bits per heavy atom. The van der Waals surface area contributed by atoms with Gasteiger partial charge in [0.2, 0.25) is 0 Å². The first-order valence-electron chi connectivity index (χ1n) is 7.12. The lowest BCUT2D eigenvalue weighted by Crippen LogP contribution is -2.37. The van der Waals surface area contributed by atoms with Gasteiger partial charge in [-0.25, -0.2) is 0 Å². The lowest BCUT2D eigenvalue weighted by molar-refractivity contribution is -0.122. The van der Waals surface area contributed by atoms with E-state index < -0.39 is 0 Å². The molecule has 8 heteroatoms. The third-order valence-electron chi connectivity index (χ3n) is 3.25. The SMILES string of the molecule is O=C(NCCN1C(=O)SC(=Cc2cccs2)C1=O)c1ccncc1. The number of carbonyl (C=O) groups excluding carboxylic acids is 3. The highest BCUT2D eigenvalue weighted by molar-refractivity contribution is 8.18. The van der Waals surface area contributed by atoms with E-state index in [0.717, 1.165) is 21.5 Å². The van der Waals surface area contributed by atoms with E-state index in [0.29, 0.717) is 10.5 Å². The molecule has 1 N–H and O–H groups in total. The molecule has 1 fully saturated rings. The van der Waals surface area contributed by atoms with Crippen LogP contribution in [0.25, 0.3) is 6.08 Å². The van der Waals surface area contributed by atoms with Crippen LogP contribution in [0.1, 0.15) is 15.2 Å². The molecule has 3 amide bonds. The standard InChI is InChI=1S/C16H13N3O3S2/c20-14(11-3-5-17-6-4-11)18-7-8-19-15(21)13(24-16(19)22)10-12-2-1-9-23-12/h1-6,9-10H,7-8H2,(H,18,20). The fraction of sp³-hybridized carbons (Fsp3) is 0.125. The average Bonchev–Trinajstić information content (AvgIpc) is 3.19. The van der Waals surface area contributed by atoms with Gasteiger partial charge in [-0.15, -0.1) is 11.3 Å². The molecule has 2 aromatic rings. The highest BCUT2D eigenvalue weighted by Gasteiger charge is 2.34. The highest BCUT2D eigenvalue weighted by atomic mass is 32.2. The minimum Gasteiger partial charge on any atom is -0.350 e. The number of nitrogens with zero attached hydrogens (tertiary/aromatic N) is 2. The fourth-order valence-electron chi connectivity index (χ4n) is 2.08. The van der Waals surface area contributed by atoms with Crippen LogP contribution in [-0.4, -0.2) is 40.0 Å². The molecule has 0 atom stereocenters. The number of aromatic nitrogens is 1. The maximum absolute atomic E-state index is 12.3. The van der Waals surface area contributed by atoms with E-state index in [1.54, 1.807) is 18.2 Å². The number of pyridine rings is 1. The Bertz CT molecular complexity index is 788. The predicted octanol–water partition coefficient (Wildman–Crippen LogP) is 2.61. The van der Waals surface area contributed by atoms with Crippen LogP contribution in [-0.2, 0) is 4.79 Å². The first-order valence-corrected chi connectivity index (χ1v) is 8.82. The molecule has 0 aliphatic carbocycles. The summed E-state index contributed by atoms with van der Waals surface area (Å²) >= 11 is 2.42. The van der Waals surface area contributed by atoms with Crippen LogP contribution < -0.4 is 5.32 Å². The van der Waals surface area contributed by atoms with Gasteiger partial charge in [0.25, 0.3) is 17.1 Å². The van der Waals surface area contributed by atoms with Gasteiger partial charge in [0.1, 0.15) is 0 Å². The topological polar surface area (TPSA) is 79.4 Å². The van der Waals surface area contributed by atoms with E-state index in [1.165, 1.54) is 23.7 Å². The van der Waals surface area contributed by atoms with E-state index in [2.05, 4.69) is 10.3 Å². The summed E-state index contributed by atoms with van der Waals surface area (Å²) in [5, 5.41) is 4.28. The summed E-state index contributed by atoms with van der Waals surface area (Å²) in [7, 11) is 0. The van der Waals surface area contributed by atoms with Crippen molar-refractivity contribution in [3.8, 4) is 0 Å². The second-order valence-electron chi connectivity index (χ2n) is 4.84. The Balaban J connectivity index is 1.57. The lowest BCUT2D eigenvalue weighted by Gasteiger charge is -2.12. The molecule has 2 aromatic heterocycles. The summed E-state index contributed by atoms with van der Waals surface area (Å²) in [5.74, 6) is -0.588. The Morgan fingerprint density at radius 1 is 1.25 bits per heavy atom. The summed E-state index contributed by atoms with van der Waals surface area (Å²) < 4.78 is 0. The van der Waals surface area contributed by atoms with Gasteiger partial charge in [-0.3, -0.25) is 24.3 Å². The number of carbonyl (C=O) groups is 3. The summed E-state index contributed by atoms with van der Waals surface area (Å²) in [5.41, 5.74) is 0.483. The second-order valence-corrected chi connectivity index (χ2v) is 6.81. The first kappa shape index (κ1) is 16.4. The number of rotatable bonds is 5. The third kappa shape index (κ3) is 3.72. The molecular weight excluding hydrogens is 346 g/mol. The molecule has 0 aromatic carbocycles. The molecule has 0 spiro atoms. The van der Waals surface area contributed by atoms with Gasteiger partial charge >= 0.3 is 0 Å². The molecular formula is C16H13N3O3S2. The predicted molar refractivity (Wildman–Crippen MR) is 93.6 cm³/mol. The number of thiophene rings is 1. The van der Waals surface area contributed by atoms with Crippen molar-refractivity contribution in [3.05, 3.63) is 57.4 Å². The van der Waals surface area contributed by atoms with Crippen LogP contribution in [0.2, 0.25) is 0 Å². The van der Waals surface area contributed by atoms with Crippen molar-refractivity contribution in [2.24, 2.45) is 0 Å². The average molecular weight is 359 g/mol. The zero-order valence-corrected chi connectivity index (χ0v) is 14.1. The third-order valence-corrected chi connectivity index (χ3v) is 4.98. The minimum atomic E-state index is -0.323. The van der Waals surface area contributed by atoms with Crippen LogP contribution in [0, 0.1) is 0 Å². The molecule has 1 aliphatic rings. The number of imide groups is 1. The van der Waals surface area contributed by atoms with Crippen molar-refractivity contribution in [3.63, 3.8) is 0 Å². The molecule has 0 radical (unpaired) electrons. The monoisotopic (exact) mass is 359 g/mol. The minimum absolute atomic E-state index is 0.142. The van der Waals surface area contributed by atoms with Gasteiger partial charge in [-0.2, -0.15) is 0 Å². The summed E-state index contributed by atoms with van der Waals surface area (Å²) in [6, 6.07) is 6.96. The van der Waals surface area contributed by atoms with Crippen molar-refractivity contribution in [2.45, 2.75) is 0 Å². The molecule has 0 saturated carbocycles. The number of hydrogen-bond donors (Lipinski definition) is 1. The van der Waals surface area contributed by atoms with Gasteiger partial charge in [0.05, 0.1) is 4.91 Å². The lowest BCUT2D eigenvalue weighted by atomic mass is 10.2. The molecule has 3 rings (SSSR count). The number of thioether (sulfide) groups is 1. The fourth-order valence-corrected chi connectivity index (χ4v) is 3.67. The summed E-state index contributed by atoms with van der Waals surface area (Å²) in [6.45, 7) is 0.342. The normalized spacial score (nSPS) is 16.0. The maximum Gasteiger partial charge on any atom is 0.293 e. The van der Waals surface area contributed by atoms with Crippen LogP contribution in [0.3, 0.4) is 0 Å². The van der Waals surface area contributed by atoms with Crippen LogP contribution in [0.15, 0.2) is 46.9 Å². The Morgan fingerprint density at radius 2 is 2.04 bits per heavy atom.